The Hall–Kier alpha value is -2.03. The number of benzene rings is 1. The average molecular weight is 376 g/mol. The summed E-state index contributed by atoms with van der Waals surface area (Å²) in [6.07, 6.45) is 1.58. The molecule has 0 aliphatic carbocycles. The zero-order valence-corrected chi connectivity index (χ0v) is 15.1. The Morgan fingerprint density at radius 1 is 1.12 bits per heavy atom. The summed E-state index contributed by atoms with van der Waals surface area (Å²) in [4.78, 5) is 26.2. The van der Waals surface area contributed by atoms with E-state index in [1.165, 1.54) is 29.6 Å². The van der Waals surface area contributed by atoms with Crippen molar-refractivity contribution in [1.29, 1.82) is 0 Å². The molecule has 1 aromatic heterocycles. The molecule has 1 saturated heterocycles. The van der Waals surface area contributed by atoms with E-state index in [9.17, 15) is 18.0 Å². The van der Waals surface area contributed by atoms with E-state index < -0.39 is 21.8 Å². The van der Waals surface area contributed by atoms with Crippen LogP contribution in [0, 0.1) is 0 Å². The largest absolute Gasteiger partial charge is 0.277 e. The number of fused-ring (bicyclic) bond motifs is 1. The van der Waals surface area contributed by atoms with Gasteiger partial charge in [0.2, 0.25) is 10.0 Å². The van der Waals surface area contributed by atoms with Crippen molar-refractivity contribution in [2.24, 2.45) is 0 Å². The van der Waals surface area contributed by atoms with Gasteiger partial charge in [0.25, 0.3) is 11.8 Å². The third-order valence-corrected chi connectivity index (χ3v) is 7.62. The molecule has 2 amide bonds. The predicted molar refractivity (Wildman–Crippen MR) is 93.1 cm³/mol. The molecule has 4 rings (SSSR count). The molecule has 2 aliphatic heterocycles. The number of amides is 2. The molecule has 25 heavy (non-hydrogen) atoms. The molecule has 2 aromatic rings. The Labute approximate surface area is 149 Å². The Bertz CT molecular complexity index is 967. The fourth-order valence-corrected chi connectivity index (χ4v) is 6.07. The maximum atomic E-state index is 13.1. The first-order chi connectivity index (χ1) is 11.9. The van der Waals surface area contributed by atoms with E-state index in [1.807, 2.05) is 17.5 Å². The van der Waals surface area contributed by atoms with Gasteiger partial charge in [0.05, 0.1) is 22.1 Å². The van der Waals surface area contributed by atoms with Crippen LogP contribution in [0.15, 0.2) is 40.6 Å². The summed E-state index contributed by atoms with van der Waals surface area (Å²) < 4.78 is 27.8. The number of imide groups is 1. The molecule has 0 radical (unpaired) electrons. The molecule has 6 nitrogen and oxygen atoms in total. The van der Waals surface area contributed by atoms with Crippen LogP contribution >= 0.6 is 11.3 Å². The second-order valence-electron chi connectivity index (χ2n) is 6.17. The zero-order chi connectivity index (χ0) is 17.8. The van der Waals surface area contributed by atoms with Crippen molar-refractivity contribution in [3.8, 4) is 0 Å². The fraction of sp³-hybridized carbons (Fsp3) is 0.294. The quantitative estimate of drug-likeness (QED) is 0.772. The number of nitrogens with zero attached hydrogens (tertiary/aromatic N) is 2. The highest BCUT2D eigenvalue weighted by Crippen LogP contribution is 2.39. The van der Waals surface area contributed by atoms with E-state index >= 15 is 0 Å². The van der Waals surface area contributed by atoms with E-state index in [4.69, 9.17) is 0 Å². The topological polar surface area (TPSA) is 74.8 Å². The van der Waals surface area contributed by atoms with E-state index in [0.717, 1.165) is 22.6 Å². The van der Waals surface area contributed by atoms with Crippen LogP contribution in [0.25, 0.3) is 0 Å². The highest BCUT2D eigenvalue weighted by Gasteiger charge is 2.39. The molecular formula is C17H16N2O4S2. The normalized spacial score (nSPS) is 21.2. The van der Waals surface area contributed by atoms with Gasteiger partial charge in [-0.15, -0.1) is 11.3 Å². The van der Waals surface area contributed by atoms with E-state index in [-0.39, 0.29) is 22.1 Å². The molecule has 1 unspecified atom stereocenters. The van der Waals surface area contributed by atoms with Crippen LogP contribution in [0.2, 0.25) is 0 Å². The molecule has 1 aromatic carbocycles. The molecule has 130 valence electrons. The van der Waals surface area contributed by atoms with Gasteiger partial charge < -0.3 is 0 Å². The lowest BCUT2D eigenvalue weighted by Gasteiger charge is -2.23. The predicted octanol–water partition coefficient (Wildman–Crippen LogP) is 2.50. The van der Waals surface area contributed by atoms with Gasteiger partial charge in [-0.25, -0.2) is 8.42 Å². The summed E-state index contributed by atoms with van der Waals surface area (Å²) in [5.41, 5.74) is 0.406. The number of sulfonamides is 1. The van der Waals surface area contributed by atoms with Gasteiger partial charge in [0.1, 0.15) is 0 Å². The number of rotatable bonds is 3. The maximum absolute atomic E-state index is 13.1. The van der Waals surface area contributed by atoms with Crippen molar-refractivity contribution in [2.75, 3.05) is 13.6 Å². The number of thiophene rings is 1. The Morgan fingerprint density at radius 3 is 2.60 bits per heavy atom. The van der Waals surface area contributed by atoms with E-state index in [2.05, 4.69) is 0 Å². The molecule has 3 heterocycles. The van der Waals surface area contributed by atoms with Gasteiger partial charge in [-0.1, -0.05) is 6.07 Å². The monoisotopic (exact) mass is 376 g/mol. The molecule has 2 aliphatic rings. The lowest BCUT2D eigenvalue weighted by molar-refractivity contribution is 0.0693. The summed E-state index contributed by atoms with van der Waals surface area (Å²) in [7, 11) is -2.34. The van der Waals surface area contributed by atoms with Crippen molar-refractivity contribution in [2.45, 2.75) is 23.8 Å². The Morgan fingerprint density at radius 2 is 1.88 bits per heavy atom. The third-order valence-electron chi connectivity index (χ3n) is 4.74. The zero-order valence-electron chi connectivity index (χ0n) is 13.5. The standard InChI is InChI=1S/C17H16N2O4S2/c1-18-16(20)12-7-6-11(10-13(12)17(18)21)25(22,23)19-8-2-4-14(19)15-5-3-9-24-15/h3,5-7,9-10,14H,2,4,8H2,1H3. The van der Waals surface area contributed by atoms with Crippen molar-refractivity contribution in [3.63, 3.8) is 0 Å². The third kappa shape index (κ3) is 2.44. The molecule has 1 atom stereocenters. The number of hydrogen-bond donors (Lipinski definition) is 0. The van der Waals surface area contributed by atoms with Crippen molar-refractivity contribution in [1.82, 2.24) is 9.21 Å². The first kappa shape index (κ1) is 16.4. The lowest BCUT2D eigenvalue weighted by atomic mass is 10.1. The summed E-state index contributed by atoms with van der Waals surface area (Å²) in [6.45, 7) is 0.453. The Balaban J connectivity index is 1.75. The van der Waals surface area contributed by atoms with Crippen molar-refractivity contribution >= 4 is 33.2 Å². The molecule has 0 spiro atoms. The number of hydrogen-bond acceptors (Lipinski definition) is 5. The van der Waals surface area contributed by atoms with Gasteiger partial charge in [0, 0.05) is 18.5 Å². The molecule has 0 saturated carbocycles. The van der Waals surface area contributed by atoms with Gasteiger partial charge in [-0.3, -0.25) is 14.5 Å². The molecular weight excluding hydrogens is 360 g/mol. The van der Waals surface area contributed by atoms with E-state index in [0.29, 0.717) is 6.54 Å². The Kier molecular flexibility index (Phi) is 3.78. The van der Waals surface area contributed by atoms with Crippen LogP contribution in [-0.4, -0.2) is 43.0 Å². The lowest BCUT2D eigenvalue weighted by Crippen LogP contribution is -2.30. The van der Waals surface area contributed by atoms with Crippen LogP contribution in [0.3, 0.4) is 0 Å². The van der Waals surface area contributed by atoms with Gasteiger partial charge >= 0.3 is 0 Å². The minimum atomic E-state index is -3.74. The maximum Gasteiger partial charge on any atom is 0.261 e. The smallest absolute Gasteiger partial charge is 0.261 e. The first-order valence-electron chi connectivity index (χ1n) is 7.93. The molecule has 8 heteroatoms. The van der Waals surface area contributed by atoms with Crippen LogP contribution in [0.5, 0.6) is 0 Å². The summed E-state index contributed by atoms with van der Waals surface area (Å²) in [6, 6.07) is 7.88. The van der Waals surface area contributed by atoms with Crippen molar-refractivity contribution in [3.05, 3.63) is 51.7 Å². The first-order valence-corrected chi connectivity index (χ1v) is 10.2. The molecule has 0 bridgehead atoms. The van der Waals surface area contributed by atoms with Gasteiger partial charge in [-0.05, 0) is 42.5 Å². The summed E-state index contributed by atoms with van der Waals surface area (Å²) in [5, 5.41) is 1.94. The second-order valence-corrected chi connectivity index (χ2v) is 9.04. The minimum Gasteiger partial charge on any atom is -0.277 e. The molecule has 0 N–H and O–H groups in total. The fourth-order valence-electron chi connectivity index (χ4n) is 3.43. The SMILES string of the molecule is CN1C(=O)c2ccc(S(=O)(=O)N3CCCC3c3cccs3)cc2C1=O. The van der Waals surface area contributed by atoms with Crippen LogP contribution < -0.4 is 0 Å². The van der Waals surface area contributed by atoms with Crippen molar-refractivity contribution < 1.29 is 18.0 Å². The van der Waals surface area contributed by atoms with Crippen LogP contribution in [0.4, 0.5) is 0 Å². The van der Waals surface area contributed by atoms with Gasteiger partial charge in [0.15, 0.2) is 0 Å². The van der Waals surface area contributed by atoms with Crippen LogP contribution in [-0.2, 0) is 10.0 Å². The van der Waals surface area contributed by atoms with Gasteiger partial charge in [-0.2, -0.15) is 4.31 Å². The highest BCUT2D eigenvalue weighted by molar-refractivity contribution is 7.89. The summed E-state index contributed by atoms with van der Waals surface area (Å²) in [5.74, 6) is -0.866. The van der Waals surface area contributed by atoms with E-state index in [1.54, 1.807) is 11.3 Å². The highest BCUT2D eigenvalue weighted by atomic mass is 32.2. The minimum absolute atomic E-state index is 0.0613. The number of carbonyl (C=O) groups excluding carboxylic acids is 2. The number of carbonyl (C=O) groups is 2. The molecule has 1 fully saturated rings. The average Bonchev–Trinajstić information content (AvgIpc) is 3.32. The second kappa shape index (κ2) is 5.76. The van der Waals surface area contributed by atoms with Crippen LogP contribution in [0.1, 0.15) is 44.5 Å². The summed E-state index contributed by atoms with van der Waals surface area (Å²) >= 11 is 1.54.